The molecule has 0 aromatic rings. The largest absolute Gasteiger partial charge is 0.368 e. The molecule has 0 amide bonds. The van der Waals surface area contributed by atoms with Crippen LogP contribution in [0.2, 0.25) is 0 Å². The average Bonchev–Trinajstić information content (AvgIpc) is 2.92. The van der Waals surface area contributed by atoms with Gasteiger partial charge in [-0.2, -0.15) is 0 Å². The molecule has 0 unspecified atom stereocenters. The highest BCUT2D eigenvalue weighted by atomic mass is 16.5. The van der Waals surface area contributed by atoms with Crippen LogP contribution in [0, 0.1) is 28.6 Å². The summed E-state index contributed by atoms with van der Waals surface area (Å²) in [6.07, 6.45) is 17.0. The molecular weight excluding hydrogens is 260 g/mol. The van der Waals surface area contributed by atoms with E-state index >= 15 is 0 Å². The molecule has 114 valence electrons. The van der Waals surface area contributed by atoms with Crippen molar-refractivity contribution in [2.45, 2.75) is 51.7 Å². The first kappa shape index (κ1) is 13.8. The molecule has 0 aliphatic heterocycles. The van der Waals surface area contributed by atoms with E-state index in [0.717, 1.165) is 25.7 Å². The number of hydrogen-bond acceptors (Lipinski definition) is 2. The predicted octanol–water partition coefficient (Wildman–Crippen LogP) is 3.57. The van der Waals surface area contributed by atoms with E-state index in [1.54, 1.807) is 5.57 Å². The van der Waals surface area contributed by atoms with Crippen molar-refractivity contribution in [2.24, 2.45) is 28.6 Å². The zero-order chi connectivity index (χ0) is 14.7. The van der Waals surface area contributed by atoms with Crippen molar-refractivity contribution in [3.8, 4) is 0 Å². The van der Waals surface area contributed by atoms with Gasteiger partial charge in [0.2, 0.25) is 0 Å². The quantitative estimate of drug-likeness (QED) is 0.571. The second-order valence-corrected chi connectivity index (χ2v) is 7.76. The van der Waals surface area contributed by atoms with E-state index in [-0.39, 0.29) is 10.8 Å². The van der Waals surface area contributed by atoms with Crippen molar-refractivity contribution in [3.05, 3.63) is 36.0 Å². The first-order chi connectivity index (χ1) is 10.1. The maximum absolute atomic E-state index is 10.0. The molecule has 21 heavy (non-hydrogen) atoms. The molecule has 0 aromatic carbocycles. The Kier molecular flexibility index (Phi) is 3.00. The van der Waals surface area contributed by atoms with Crippen LogP contribution in [0.3, 0.4) is 0 Å². The first-order valence-corrected chi connectivity index (χ1v) is 8.48. The van der Waals surface area contributed by atoms with E-state index in [1.165, 1.54) is 12.8 Å². The number of allylic oxidation sites excluding steroid dienone is 6. The highest BCUT2D eigenvalue weighted by molar-refractivity contribution is 5.32. The molecule has 4 aliphatic rings. The molecule has 2 N–H and O–H groups in total. The minimum absolute atomic E-state index is 0.212. The first-order valence-electron chi connectivity index (χ1n) is 8.48. The van der Waals surface area contributed by atoms with E-state index in [1.807, 2.05) is 0 Å². The summed E-state index contributed by atoms with van der Waals surface area (Å²) in [5.41, 5.74) is 1.54. The molecule has 0 heterocycles. The number of rotatable bonds is 1. The Bertz CT molecular complexity index is 530. The van der Waals surface area contributed by atoms with Crippen LogP contribution in [-0.2, 0) is 0 Å². The van der Waals surface area contributed by atoms with Crippen molar-refractivity contribution in [1.29, 1.82) is 0 Å². The van der Waals surface area contributed by atoms with Gasteiger partial charge in [0.05, 0.1) is 0 Å². The van der Waals surface area contributed by atoms with E-state index in [9.17, 15) is 10.2 Å². The highest BCUT2D eigenvalue weighted by Crippen LogP contribution is 2.63. The molecular formula is C19H26O2. The molecule has 1 fully saturated rings. The van der Waals surface area contributed by atoms with Gasteiger partial charge in [0, 0.05) is 10.8 Å². The molecule has 0 aromatic heterocycles. The van der Waals surface area contributed by atoms with Gasteiger partial charge >= 0.3 is 0 Å². The molecule has 0 spiro atoms. The maximum atomic E-state index is 10.0. The summed E-state index contributed by atoms with van der Waals surface area (Å²) in [5, 5.41) is 20.0. The molecule has 0 bridgehead atoms. The zero-order valence-corrected chi connectivity index (χ0v) is 12.8. The lowest BCUT2D eigenvalue weighted by Crippen LogP contribution is -2.52. The second-order valence-electron chi connectivity index (χ2n) is 7.76. The third-order valence-electron chi connectivity index (χ3n) is 7.06. The zero-order valence-electron chi connectivity index (χ0n) is 12.8. The van der Waals surface area contributed by atoms with Gasteiger partial charge in [-0.15, -0.1) is 0 Å². The third kappa shape index (κ3) is 1.72. The number of aliphatic hydroxyl groups is 2. The van der Waals surface area contributed by atoms with Gasteiger partial charge in [-0.25, -0.2) is 0 Å². The summed E-state index contributed by atoms with van der Waals surface area (Å²) < 4.78 is 0. The van der Waals surface area contributed by atoms with Crippen molar-refractivity contribution >= 4 is 0 Å². The Morgan fingerprint density at radius 3 is 2.95 bits per heavy atom. The Morgan fingerprint density at radius 1 is 1.29 bits per heavy atom. The molecule has 0 saturated heterocycles. The summed E-state index contributed by atoms with van der Waals surface area (Å²) in [6.45, 7) is 2.41. The van der Waals surface area contributed by atoms with Crippen LogP contribution in [0.4, 0.5) is 0 Å². The van der Waals surface area contributed by atoms with Gasteiger partial charge in [0.25, 0.3) is 0 Å². The van der Waals surface area contributed by atoms with Gasteiger partial charge in [-0.1, -0.05) is 42.9 Å². The smallest absolute Gasteiger partial charge is 0.158 e. The van der Waals surface area contributed by atoms with Crippen LogP contribution in [0.15, 0.2) is 36.0 Å². The number of aliphatic hydroxyl groups excluding tert-OH is 1. The van der Waals surface area contributed by atoms with Gasteiger partial charge in [-0.3, -0.25) is 0 Å². The fraction of sp³-hybridized carbons (Fsp3) is 0.684. The van der Waals surface area contributed by atoms with Crippen molar-refractivity contribution < 1.29 is 10.2 Å². The summed E-state index contributed by atoms with van der Waals surface area (Å²) >= 11 is 0. The average molecular weight is 286 g/mol. The molecule has 1 saturated carbocycles. The fourth-order valence-electron chi connectivity index (χ4n) is 5.86. The van der Waals surface area contributed by atoms with Crippen molar-refractivity contribution in [3.63, 3.8) is 0 Å². The summed E-state index contributed by atoms with van der Waals surface area (Å²) in [7, 11) is 0. The maximum Gasteiger partial charge on any atom is 0.158 e. The van der Waals surface area contributed by atoms with Crippen LogP contribution in [-0.4, -0.2) is 16.5 Å². The normalized spacial score (nSPS) is 47.8. The number of fused-ring (bicyclic) bond motifs is 5. The SMILES string of the molecule is C[C@]12C=CCCC1=CC[C@H]1[C@@H]3C=CC[C@@]3(C(O)O)CC[C@@H]12. The van der Waals surface area contributed by atoms with Gasteiger partial charge in [0.15, 0.2) is 6.29 Å². The monoisotopic (exact) mass is 286 g/mol. The third-order valence-corrected chi connectivity index (χ3v) is 7.06. The van der Waals surface area contributed by atoms with Crippen LogP contribution in [0.1, 0.15) is 45.4 Å². The molecule has 0 radical (unpaired) electrons. The Balaban J connectivity index is 1.73. The molecule has 4 rings (SSSR count). The fourth-order valence-corrected chi connectivity index (χ4v) is 5.86. The topological polar surface area (TPSA) is 40.5 Å². The Hall–Kier alpha value is -0.860. The lowest BCUT2D eigenvalue weighted by Gasteiger charge is -2.56. The minimum atomic E-state index is -1.18. The lowest BCUT2D eigenvalue weighted by atomic mass is 9.49. The van der Waals surface area contributed by atoms with Gasteiger partial charge in [-0.05, 0) is 56.3 Å². The van der Waals surface area contributed by atoms with Crippen LogP contribution in [0.25, 0.3) is 0 Å². The molecule has 4 aliphatic carbocycles. The Morgan fingerprint density at radius 2 is 2.14 bits per heavy atom. The highest BCUT2D eigenvalue weighted by Gasteiger charge is 2.57. The second kappa shape index (κ2) is 4.57. The van der Waals surface area contributed by atoms with E-state index < -0.39 is 6.29 Å². The van der Waals surface area contributed by atoms with Crippen LogP contribution in [0.5, 0.6) is 0 Å². The van der Waals surface area contributed by atoms with E-state index in [0.29, 0.717) is 17.8 Å². The summed E-state index contributed by atoms with van der Waals surface area (Å²) in [5.74, 6) is 1.56. The van der Waals surface area contributed by atoms with Gasteiger partial charge in [0.1, 0.15) is 0 Å². The lowest BCUT2D eigenvalue weighted by molar-refractivity contribution is -0.179. The van der Waals surface area contributed by atoms with Crippen molar-refractivity contribution in [2.75, 3.05) is 0 Å². The van der Waals surface area contributed by atoms with E-state index in [2.05, 4.69) is 37.3 Å². The predicted molar refractivity (Wildman–Crippen MR) is 83.3 cm³/mol. The van der Waals surface area contributed by atoms with Crippen LogP contribution < -0.4 is 0 Å². The van der Waals surface area contributed by atoms with Gasteiger partial charge < -0.3 is 10.2 Å². The van der Waals surface area contributed by atoms with E-state index in [4.69, 9.17) is 0 Å². The summed E-state index contributed by atoms with van der Waals surface area (Å²) in [6, 6.07) is 0. The molecule has 5 atom stereocenters. The molecule has 2 heteroatoms. The summed E-state index contributed by atoms with van der Waals surface area (Å²) in [4.78, 5) is 0. The standard InChI is InChI=1S/C19H26O2/c1-18-10-3-2-5-13(18)7-8-14-15(18)9-12-19(17(20)21)11-4-6-16(14)19/h3-4,6-7,10,14-17,20-21H,2,5,8-9,11-12H2,1H3/t14-,15+,16+,18+,19-/m1/s1. The Labute approximate surface area is 127 Å². The molecule has 2 nitrogen and oxygen atoms in total. The van der Waals surface area contributed by atoms with Crippen molar-refractivity contribution in [1.82, 2.24) is 0 Å². The van der Waals surface area contributed by atoms with Crippen LogP contribution >= 0.6 is 0 Å². The minimum Gasteiger partial charge on any atom is -0.368 e. The number of hydrogen-bond donors (Lipinski definition) is 2.